The van der Waals surface area contributed by atoms with Gasteiger partial charge in [0.1, 0.15) is 0 Å². The summed E-state index contributed by atoms with van der Waals surface area (Å²) in [6.07, 6.45) is 17.8. The van der Waals surface area contributed by atoms with E-state index in [9.17, 15) is 0 Å². The fourth-order valence-electron chi connectivity index (χ4n) is 3.36. The Labute approximate surface area is 101 Å². The Balaban J connectivity index is 1.79. The molecule has 1 heterocycles. The molecule has 0 spiro atoms. The second-order valence-electron chi connectivity index (χ2n) is 5.72. The predicted molar refractivity (Wildman–Crippen MR) is 68.6 cm³/mol. The fourth-order valence-corrected chi connectivity index (χ4v) is 3.36. The Morgan fingerprint density at radius 3 is 1.88 bits per heavy atom. The minimum Gasteiger partial charge on any atom is -0.378 e. The predicted octanol–water partition coefficient (Wildman–Crippen LogP) is 4.70. The molecule has 0 N–H and O–H groups in total. The summed E-state index contributed by atoms with van der Waals surface area (Å²) < 4.78 is 5.99. The molecular weight excluding hydrogens is 196 g/mol. The lowest BCUT2D eigenvalue weighted by atomic mass is 9.86. The van der Waals surface area contributed by atoms with E-state index in [4.69, 9.17) is 4.74 Å². The van der Waals surface area contributed by atoms with Gasteiger partial charge in [-0.1, -0.05) is 51.4 Å². The van der Waals surface area contributed by atoms with Crippen molar-refractivity contribution in [2.45, 2.75) is 83.2 Å². The van der Waals surface area contributed by atoms with Crippen molar-refractivity contribution in [3.63, 3.8) is 0 Å². The van der Waals surface area contributed by atoms with Gasteiger partial charge < -0.3 is 4.74 Å². The summed E-state index contributed by atoms with van der Waals surface area (Å²) in [5, 5.41) is 0. The van der Waals surface area contributed by atoms with Crippen LogP contribution in [0.3, 0.4) is 0 Å². The van der Waals surface area contributed by atoms with E-state index in [1.165, 1.54) is 77.0 Å². The molecule has 0 radical (unpaired) electrons. The SMILES string of the molecule is C1CCCCCC2OCCCC2CCCC1. The zero-order valence-corrected chi connectivity index (χ0v) is 10.8. The van der Waals surface area contributed by atoms with Crippen LogP contribution in [0.1, 0.15) is 77.0 Å². The van der Waals surface area contributed by atoms with Crippen LogP contribution in [0.15, 0.2) is 0 Å². The summed E-state index contributed by atoms with van der Waals surface area (Å²) in [6, 6.07) is 0. The zero-order chi connectivity index (χ0) is 11.1. The Morgan fingerprint density at radius 1 is 0.562 bits per heavy atom. The number of fused-ring (bicyclic) bond motifs is 1. The van der Waals surface area contributed by atoms with Crippen LogP contribution in [0.4, 0.5) is 0 Å². The molecule has 2 aliphatic rings. The highest BCUT2D eigenvalue weighted by Gasteiger charge is 2.24. The van der Waals surface area contributed by atoms with E-state index in [0.29, 0.717) is 6.10 Å². The number of hydrogen-bond acceptors (Lipinski definition) is 1. The van der Waals surface area contributed by atoms with Gasteiger partial charge in [0.2, 0.25) is 0 Å². The maximum atomic E-state index is 5.99. The standard InChI is InChI=1S/C15H28O/c1-2-4-6-8-12-15-14(10-7-5-3-1)11-9-13-16-15/h14-15H,1-13H2. The topological polar surface area (TPSA) is 9.23 Å². The van der Waals surface area contributed by atoms with Crippen molar-refractivity contribution in [2.24, 2.45) is 5.92 Å². The molecule has 2 atom stereocenters. The molecule has 1 saturated heterocycles. The number of rotatable bonds is 0. The molecule has 0 aromatic rings. The first-order chi connectivity index (χ1) is 7.97. The van der Waals surface area contributed by atoms with E-state index < -0.39 is 0 Å². The van der Waals surface area contributed by atoms with E-state index in [2.05, 4.69) is 0 Å². The van der Waals surface area contributed by atoms with Gasteiger partial charge in [0.05, 0.1) is 6.10 Å². The van der Waals surface area contributed by atoms with Gasteiger partial charge >= 0.3 is 0 Å². The lowest BCUT2D eigenvalue weighted by Crippen LogP contribution is -2.29. The van der Waals surface area contributed by atoms with Crippen LogP contribution in [0, 0.1) is 5.92 Å². The Bertz CT molecular complexity index is 158. The summed E-state index contributed by atoms with van der Waals surface area (Å²) >= 11 is 0. The Kier molecular flexibility index (Phi) is 5.68. The van der Waals surface area contributed by atoms with Crippen molar-refractivity contribution in [1.82, 2.24) is 0 Å². The van der Waals surface area contributed by atoms with Gasteiger partial charge in [-0.2, -0.15) is 0 Å². The molecule has 1 nitrogen and oxygen atoms in total. The van der Waals surface area contributed by atoms with Crippen molar-refractivity contribution in [3.05, 3.63) is 0 Å². The number of ether oxygens (including phenoxy) is 1. The van der Waals surface area contributed by atoms with Gasteiger partial charge in [0, 0.05) is 6.61 Å². The molecule has 0 bridgehead atoms. The van der Waals surface area contributed by atoms with E-state index in [1.54, 1.807) is 0 Å². The third-order valence-electron chi connectivity index (χ3n) is 4.39. The first kappa shape index (κ1) is 12.4. The number of hydrogen-bond donors (Lipinski definition) is 0. The van der Waals surface area contributed by atoms with Crippen LogP contribution in [-0.4, -0.2) is 12.7 Å². The highest BCUT2D eigenvalue weighted by atomic mass is 16.5. The molecule has 2 fully saturated rings. The minimum absolute atomic E-state index is 0.619. The Hall–Kier alpha value is -0.0400. The smallest absolute Gasteiger partial charge is 0.0603 e. The van der Waals surface area contributed by atoms with Crippen LogP contribution in [0.25, 0.3) is 0 Å². The lowest BCUT2D eigenvalue weighted by molar-refractivity contribution is -0.0353. The van der Waals surface area contributed by atoms with Gasteiger partial charge in [0.25, 0.3) is 0 Å². The summed E-state index contributed by atoms with van der Waals surface area (Å²) in [4.78, 5) is 0. The van der Waals surface area contributed by atoms with Crippen molar-refractivity contribution >= 4 is 0 Å². The van der Waals surface area contributed by atoms with E-state index in [1.807, 2.05) is 0 Å². The maximum absolute atomic E-state index is 5.99. The van der Waals surface area contributed by atoms with Gasteiger partial charge in [-0.25, -0.2) is 0 Å². The maximum Gasteiger partial charge on any atom is 0.0603 e. The molecule has 1 aliphatic carbocycles. The van der Waals surface area contributed by atoms with Crippen molar-refractivity contribution in [3.8, 4) is 0 Å². The van der Waals surface area contributed by atoms with E-state index in [-0.39, 0.29) is 0 Å². The molecule has 0 aromatic heterocycles. The summed E-state index contributed by atoms with van der Waals surface area (Å²) in [5.74, 6) is 0.896. The van der Waals surface area contributed by atoms with Crippen LogP contribution in [0.2, 0.25) is 0 Å². The molecule has 1 aliphatic heterocycles. The third-order valence-corrected chi connectivity index (χ3v) is 4.39. The van der Waals surface area contributed by atoms with E-state index >= 15 is 0 Å². The van der Waals surface area contributed by atoms with Crippen LogP contribution < -0.4 is 0 Å². The molecule has 1 saturated carbocycles. The van der Waals surface area contributed by atoms with Gasteiger partial charge in [0.15, 0.2) is 0 Å². The fraction of sp³-hybridized carbons (Fsp3) is 1.00. The zero-order valence-electron chi connectivity index (χ0n) is 10.8. The normalized spacial score (nSPS) is 34.5. The van der Waals surface area contributed by atoms with Crippen LogP contribution in [0.5, 0.6) is 0 Å². The van der Waals surface area contributed by atoms with Gasteiger partial charge in [-0.05, 0) is 31.6 Å². The summed E-state index contributed by atoms with van der Waals surface area (Å²) in [6.45, 7) is 1.03. The monoisotopic (exact) mass is 224 g/mol. The van der Waals surface area contributed by atoms with Crippen molar-refractivity contribution in [2.75, 3.05) is 6.61 Å². The minimum atomic E-state index is 0.619. The molecular formula is C15H28O. The molecule has 1 heteroatoms. The van der Waals surface area contributed by atoms with Crippen LogP contribution >= 0.6 is 0 Å². The first-order valence-electron chi connectivity index (χ1n) is 7.58. The highest BCUT2D eigenvalue weighted by Crippen LogP contribution is 2.30. The average Bonchev–Trinajstić information content (AvgIpc) is 2.30. The van der Waals surface area contributed by atoms with Crippen LogP contribution in [-0.2, 0) is 4.74 Å². The van der Waals surface area contributed by atoms with Gasteiger partial charge in [-0.3, -0.25) is 0 Å². The Morgan fingerprint density at radius 2 is 1.12 bits per heavy atom. The summed E-state index contributed by atoms with van der Waals surface area (Å²) in [5.41, 5.74) is 0. The second-order valence-corrected chi connectivity index (χ2v) is 5.72. The largest absolute Gasteiger partial charge is 0.378 e. The molecule has 2 unspecified atom stereocenters. The lowest BCUT2D eigenvalue weighted by Gasteiger charge is -2.32. The summed E-state index contributed by atoms with van der Waals surface area (Å²) in [7, 11) is 0. The molecule has 0 aromatic carbocycles. The quantitative estimate of drug-likeness (QED) is 0.579. The van der Waals surface area contributed by atoms with Gasteiger partial charge in [-0.15, -0.1) is 0 Å². The highest BCUT2D eigenvalue weighted by molar-refractivity contribution is 4.75. The molecule has 2 rings (SSSR count). The van der Waals surface area contributed by atoms with E-state index in [0.717, 1.165) is 12.5 Å². The molecule has 0 amide bonds. The van der Waals surface area contributed by atoms with Crippen molar-refractivity contribution in [1.29, 1.82) is 0 Å². The first-order valence-corrected chi connectivity index (χ1v) is 7.58. The third kappa shape index (κ3) is 4.08. The molecule has 16 heavy (non-hydrogen) atoms. The van der Waals surface area contributed by atoms with Crippen molar-refractivity contribution < 1.29 is 4.74 Å². The second kappa shape index (κ2) is 7.32. The molecule has 94 valence electrons. The average molecular weight is 224 g/mol.